The summed E-state index contributed by atoms with van der Waals surface area (Å²) in [7, 11) is -3.68. The molecule has 0 fully saturated rings. The molecule has 0 atom stereocenters. The van der Waals surface area contributed by atoms with Crippen molar-refractivity contribution in [3.05, 3.63) is 52.9 Å². The summed E-state index contributed by atoms with van der Waals surface area (Å²) in [6, 6.07) is 11.1. The Morgan fingerprint density at radius 3 is 2.58 bits per heavy atom. The van der Waals surface area contributed by atoms with E-state index in [0.29, 0.717) is 0 Å². The van der Waals surface area contributed by atoms with E-state index in [-0.39, 0.29) is 0 Å². The highest BCUT2D eigenvalue weighted by Gasteiger charge is 2.18. The van der Waals surface area contributed by atoms with Crippen molar-refractivity contribution in [1.29, 1.82) is 0 Å². The van der Waals surface area contributed by atoms with Crippen LogP contribution in [0.15, 0.2) is 41.8 Å². The minimum absolute atomic E-state index is 0.888. The number of hydrogen-bond donors (Lipinski definition) is 0. The fourth-order valence-electron chi connectivity index (χ4n) is 2.85. The number of hydrogen-bond acceptors (Lipinski definition) is 4. The zero-order chi connectivity index (χ0) is 17.3. The van der Waals surface area contributed by atoms with Gasteiger partial charge in [0, 0.05) is 16.2 Å². The maximum Gasteiger partial charge on any atom is 0.323 e. The molecular formula is C17H13FO4S2. The molecule has 1 aromatic heterocycles. The second-order valence-corrected chi connectivity index (χ2v) is 6.94. The maximum atomic E-state index is 10.1. The highest BCUT2D eigenvalue weighted by Crippen LogP contribution is 2.35. The van der Waals surface area contributed by atoms with Gasteiger partial charge in [0.15, 0.2) is 0 Å². The van der Waals surface area contributed by atoms with E-state index >= 15 is 0 Å². The largest absolute Gasteiger partial charge is 0.722 e. The van der Waals surface area contributed by atoms with Crippen LogP contribution in [0.1, 0.15) is 11.1 Å². The molecule has 0 radical (unpaired) electrons. The normalized spacial score (nSPS) is 15.4. The van der Waals surface area contributed by atoms with E-state index in [1.54, 1.807) is 18.4 Å². The van der Waals surface area contributed by atoms with Crippen molar-refractivity contribution in [2.24, 2.45) is 0 Å². The molecule has 1 aliphatic carbocycles. The van der Waals surface area contributed by atoms with Gasteiger partial charge in [0.1, 0.15) is 0 Å². The molecule has 0 saturated carbocycles. The van der Waals surface area contributed by atoms with E-state index in [1.807, 2.05) is 0 Å². The molecule has 2 aromatic carbocycles. The summed E-state index contributed by atoms with van der Waals surface area (Å²) >= 11 is 1.80. The minimum Gasteiger partial charge on any atom is -0.722 e. The number of ketones is 1. The lowest BCUT2D eigenvalue weighted by Gasteiger charge is -2.12. The van der Waals surface area contributed by atoms with Crippen molar-refractivity contribution in [3.63, 3.8) is 0 Å². The first-order valence-corrected chi connectivity index (χ1v) is 9.21. The third-order valence-electron chi connectivity index (χ3n) is 3.81. The van der Waals surface area contributed by atoms with Crippen molar-refractivity contribution in [2.45, 2.75) is 6.42 Å². The highest BCUT2D eigenvalue weighted by molar-refractivity contribution is 7.80. The van der Waals surface area contributed by atoms with Gasteiger partial charge in [0.05, 0.1) is 6.42 Å². The Morgan fingerprint density at radius 2 is 1.88 bits per heavy atom. The van der Waals surface area contributed by atoms with Crippen LogP contribution in [0.4, 0.5) is 3.89 Å². The Bertz CT molecular complexity index is 1070. The van der Waals surface area contributed by atoms with E-state index < -0.39 is 10.5 Å². The number of thiophene rings is 1. The standard InChI is InChI=1S/C17H13OS.FHO3S/c1-18-13-5-6-14-12(10-13)3-2-11-4-7-16-15(17(11)14)8-9-19-16;1-5(2,3)4/h2-9H,10H2,1H3;(H,2,3,4)/q+1;/p-1. The maximum absolute atomic E-state index is 10.1. The summed E-state index contributed by atoms with van der Waals surface area (Å²) < 4.78 is 42.1. The van der Waals surface area contributed by atoms with E-state index in [2.05, 4.69) is 47.9 Å². The van der Waals surface area contributed by atoms with Crippen molar-refractivity contribution in [2.75, 3.05) is 7.11 Å². The van der Waals surface area contributed by atoms with Crippen LogP contribution in [0, 0.1) is 0 Å². The van der Waals surface area contributed by atoms with Gasteiger partial charge in [0.25, 0.3) is 17.6 Å². The molecule has 1 heterocycles. The van der Waals surface area contributed by atoms with Crippen molar-refractivity contribution >= 4 is 54.6 Å². The molecule has 0 amide bonds. The number of fused-ring (bicyclic) bond motifs is 5. The van der Waals surface area contributed by atoms with Gasteiger partial charge in [-0.3, -0.25) is 4.42 Å². The van der Waals surface area contributed by atoms with Crippen molar-refractivity contribution in [1.82, 2.24) is 0 Å². The SMILES string of the molecule is C[O+]=C1C=Cc2c(ccc3ccc4sccc4c23)C1.O=S(=O)([O-])F. The Morgan fingerprint density at radius 1 is 1.17 bits per heavy atom. The monoisotopic (exact) mass is 364 g/mol. The van der Waals surface area contributed by atoms with E-state index in [1.165, 1.54) is 32.0 Å². The Labute approximate surface area is 142 Å². The van der Waals surface area contributed by atoms with E-state index in [9.17, 15) is 3.89 Å². The summed E-state index contributed by atoms with van der Waals surface area (Å²) in [5, 5.41) is 6.23. The van der Waals surface area contributed by atoms with Gasteiger partial charge >= 0.3 is 5.78 Å². The van der Waals surface area contributed by atoms with E-state index in [4.69, 9.17) is 17.4 Å². The molecule has 124 valence electrons. The first-order chi connectivity index (χ1) is 11.4. The topological polar surface area (TPSA) is 68.5 Å². The average Bonchev–Trinajstić information content (AvgIpc) is 3.00. The summed E-state index contributed by atoms with van der Waals surface area (Å²) in [6.07, 6.45) is 5.17. The molecular weight excluding hydrogens is 351 g/mol. The molecule has 0 saturated heterocycles. The highest BCUT2D eigenvalue weighted by atomic mass is 32.3. The zero-order valence-corrected chi connectivity index (χ0v) is 14.3. The lowest BCUT2D eigenvalue weighted by Crippen LogP contribution is -2.07. The minimum atomic E-state index is -5.42. The van der Waals surface area contributed by atoms with Gasteiger partial charge in [0.2, 0.25) is 0 Å². The van der Waals surface area contributed by atoms with Crippen LogP contribution in [0.2, 0.25) is 0 Å². The summed E-state index contributed by atoms with van der Waals surface area (Å²) in [5.74, 6) is 1.03. The number of carbonyl (C=O) groups excluding carboxylic acids is 1. The molecule has 0 N–H and O–H groups in total. The zero-order valence-electron chi connectivity index (χ0n) is 12.7. The number of allylic oxidation sites excluding steroid dienone is 1. The lowest BCUT2D eigenvalue weighted by atomic mass is 9.90. The molecule has 0 aliphatic heterocycles. The van der Waals surface area contributed by atoms with Crippen molar-refractivity contribution < 1.29 is 21.3 Å². The Balaban J connectivity index is 0.000000300. The third kappa shape index (κ3) is 3.53. The second kappa shape index (κ2) is 6.43. The Kier molecular flexibility index (Phi) is 4.49. The van der Waals surface area contributed by atoms with Crippen LogP contribution in [-0.4, -0.2) is 25.9 Å². The van der Waals surface area contributed by atoms with Gasteiger partial charge in [-0.15, -0.1) is 15.2 Å². The molecule has 0 bridgehead atoms. The fraction of sp³-hybridized carbons (Fsp3) is 0.118. The molecule has 1 aliphatic rings. The van der Waals surface area contributed by atoms with Crippen LogP contribution in [0.25, 0.3) is 26.9 Å². The van der Waals surface area contributed by atoms with Crippen LogP contribution >= 0.6 is 11.3 Å². The molecule has 3 aromatic rings. The quantitative estimate of drug-likeness (QED) is 0.346. The second-order valence-electron chi connectivity index (χ2n) is 5.21. The van der Waals surface area contributed by atoms with Gasteiger partial charge in [-0.05, 0) is 45.5 Å². The molecule has 0 unspecified atom stereocenters. The Hall–Kier alpha value is -2.09. The summed E-state index contributed by atoms with van der Waals surface area (Å²) in [6.45, 7) is 0. The van der Waals surface area contributed by atoms with Gasteiger partial charge in [-0.25, -0.2) is 8.42 Å². The predicted molar refractivity (Wildman–Crippen MR) is 93.8 cm³/mol. The van der Waals surface area contributed by atoms with Gasteiger partial charge in [-0.2, -0.15) is 0 Å². The first-order valence-electron chi connectivity index (χ1n) is 7.02. The van der Waals surface area contributed by atoms with Crippen LogP contribution in [0.3, 0.4) is 0 Å². The third-order valence-corrected chi connectivity index (χ3v) is 4.69. The van der Waals surface area contributed by atoms with Gasteiger partial charge in [-0.1, -0.05) is 18.2 Å². The first kappa shape index (κ1) is 16.8. The number of halogens is 1. The van der Waals surface area contributed by atoms with Crippen LogP contribution in [-0.2, 0) is 21.3 Å². The molecule has 0 spiro atoms. The molecule has 4 nitrogen and oxygen atoms in total. The molecule has 4 rings (SSSR count). The predicted octanol–water partition coefficient (Wildman–Crippen LogP) is 3.77. The summed E-state index contributed by atoms with van der Waals surface area (Å²) in [4.78, 5) is 0. The van der Waals surface area contributed by atoms with E-state index in [0.717, 1.165) is 12.2 Å². The van der Waals surface area contributed by atoms with Crippen molar-refractivity contribution in [3.8, 4) is 0 Å². The van der Waals surface area contributed by atoms with Gasteiger partial charge < -0.3 is 4.55 Å². The lowest BCUT2D eigenvalue weighted by molar-refractivity contribution is -0.420. The smallest absolute Gasteiger partial charge is 0.323 e. The average molecular weight is 364 g/mol. The van der Waals surface area contributed by atoms with Crippen LogP contribution < -0.4 is 0 Å². The number of rotatable bonds is 0. The fourth-order valence-corrected chi connectivity index (χ4v) is 3.64. The van der Waals surface area contributed by atoms with Crippen LogP contribution in [0.5, 0.6) is 0 Å². The molecule has 7 heteroatoms. The molecule has 24 heavy (non-hydrogen) atoms. The summed E-state index contributed by atoms with van der Waals surface area (Å²) in [5.41, 5.74) is 2.70. The number of benzene rings is 2.